The van der Waals surface area contributed by atoms with Gasteiger partial charge in [-0.25, -0.2) is 0 Å². The van der Waals surface area contributed by atoms with Crippen LogP contribution in [0.4, 0.5) is 0 Å². The fraction of sp³-hybridized carbons (Fsp3) is 0.152. The van der Waals surface area contributed by atoms with Crippen LogP contribution in [0.2, 0.25) is 0 Å². The molecule has 0 spiro atoms. The topological polar surface area (TPSA) is 65.9 Å². The van der Waals surface area contributed by atoms with E-state index in [9.17, 15) is 8.76 Å². The van der Waals surface area contributed by atoms with Crippen LogP contribution < -0.4 is 0 Å². The van der Waals surface area contributed by atoms with E-state index in [-0.39, 0.29) is 5.75 Å². The maximum Gasteiger partial charge on any atom is 0.0780 e. The van der Waals surface area contributed by atoms with Gasteiger partial charge in [-0.3, -0.25) is 14.2 Å². The molecule has 1 atom stereocenters. The van der Waals surface area contributed by atoms with Crippen molar-refractivity contribution < 1.29 is 8.76 Å². The van der Waals surface area contributed by atoms with E-state index in [1.54, 1.807) is 0 Å². The summed E-state index contributed by atoms with van der Waals surface area (Å²) in [7, 11) is 0. The Hall–Kier alpha value is -3.93. The summed E-state index contributed by atoms with van der Waals surface area (Å²) in [5, 5.41) is 1.14. The van der Waals surface area contributed by atoms with Gasteiger partial charge in [0.1, 0.15) is 0 Å². The first kappa shape index (κ1) is 25.7. The Morgan fingerprint density at radius 2 is 1.71 bits per heavy atom. The van der Waals surface area contributed by atoms with E-state index in [1.807, 2.05) is 55.7 Å². The standard InChI is InChI=1S/C33H30N2O2S/c1-22(2)30-18-28-8-5-15-34-33(28)32(19-30)27-7-4-6-25(16-27)17-31(29-12-9-23(3)35-20-29)26-13-10-24(11-14-26)21-38(36)37/h4-20,22H,21H2,1-3H3,(H,36,37)/p-1/b31-17-. The summed E-state index contributed by atoms with van der Waals surface area (Å²) in [4.78, 5) is 9.23. The molecule has 190 valence electrons. The number of fused-ring (bicyclic) bond motifs is 1. The summed E-state index contributed by atoms with van der Waals surface area (Å²) in [6, 6.07) is 28.9. The molecule has 5 aromatic rings. The molecule has 0 amide bonds. The van der Waals surface area contributed by atoms with Crippen molar-refractivity contribution in [3.8, 4) is 11.1 Å². The van der Waals surface area contributed by atoms with Crippen LogP contribution in [0.25, 0.3) is 33.7 Å². The molecule has 0 saturated heterocycles. The van der Waals surface area contributed by atoms with Crippen molar-refractivity contribution in [2.24, 2.45) is 0 Å². The molecule has 0 aliphatic rings. The third-order valence-electron chi connectivity index (χ3n) is 6.67. The molecule has 0 radical (unpaired) electrons. The first-order valence-electron chi connectivity index (χ1n) is 12.7. The number of hydrogen-bond donors (Lipinski definition) is 0. The maximum absolute atomic E-state index is 11.1. The second-order valence-corrected chi connectivity index (χ2v) is 10.7. The molecule has 0 fully saturated rings. The smallest absolute Gasteiger partial charge is 0.0780 e. The van der Waals surface area contributed by atoms with Crippen molar-refractivity contribution in [3.05, 3.63) is 131 Å². The van der Waals surface area contributed by atoms with Crippen LogP contribution in [-0.2, 0) is 16.8 Å². The normalized spacial score (nSPS) is 12.7. The Morgan fingerprint density at radius 1 is 0.921 bits per heavy atom. The molecule has 38 heavy (non-hydrogen) atoms. The van der Waals surface area contributed by atoms with Crippen LogP contribution in [0.3, 0.4) is 0 Å². The zero-order valence-electron chi connectivity index (χ0n) is 21.7. The predicted octanol–water partition coefficient (Wildman–Crippen LogP) is 7.70. The third kappa shape index (κ3) is 5.80. The number of benzene rings is 3. The number of pyridine rings is 2. The first-order chi connectivity index (χ1) is 18.4. The van der Waals surface area contributed by atoms with E-state index in [0.29, 0.717) is 5.92 Å². The van der Waals surface area contributed by atoms with E-state index >= 15 is 0 Å². The van der Waals surface area contributed by atoms with E-state index in [1.165, 1.54) is 5.56 Å². The van der Waals surface area contributed by atoms with Crippen molar-refractivity contribution in [2.75, 3.05) is 0 Å². The number of aryl methyl sites for hydroxylation is 1. The first-order valence-corrected chi connectivity index (χ1v) is 13.9. The molecule has 5 heteroatoms. The quantitative estimate of drug-likeness (QED) is 0.164. The zero-order valence-corrected chi connectivity index (χ0v) is 22.5. The highest BCUT2D eigenvalue weighted by atomic mass is 32.2. The highest BCUT2D eigenvalue weighted by molar-refractivity contribution is 7.78. The Labute approximate surface area is 226 Å². The van der Waals surface area contributed by atoms with Crippen molar-refractivity contribution in [1.29, 1.82) is 0 Å². The molecule has 0 aliphatic carbocycles. The Balaban J connectivity index is 1.62. The monoisotopic (exact) mass is 517 g/mol. The number of nitrogens with zero attached hydrogens (tertiary/aromatic N) is 2. The van der Waals surface area contributed by atoms with Crippen molar-refractivity contribution in [1.82, 2.24) is 9.97 Å². The number of hydrogen-bond acceptors (Lipinski definition) is 4. The maximum atomic E-state index is 11.1. The van der Waals surface area contributed by atoms with Crippen LogP contribution in [0.1, 0.15) is 53.3 Å². The minimum absolute atomic E-state index is 0.00485. The Morgan fingerprint density at radius 3 is 2.42 bits per heavy atom. The highest BCUT2D eigenvalue weighted by Crippen LogP contribution is 2.33. The van der Waals surface area contributed by atoms with Crippen molar-refractivity contribution in [2.45, 2.75) is 32.4 Å². The lowest BCUT2D eigenvalue weighted by Crippen LogP contribution is -1.95. The van der Waals surface area contributed by atoms with E-state index in [4.69, 9.17) is 4.98 Å². The second kappa shape index (κ2) is 11.2. The molecule has 0 aliphatic heterocycles. The van der Waals surface area contributed by atoms with Gasteiger partial charge >= 0.3 is 0 Å². The van der Waals surface area contributed by atoms with Gasteiger partial charge in [0.05, 0.1) is 5.52 Å². The fourth-order valence-corrected chi connectivity index (χ4v) is 5.07. The van der Waals surface area contributed by atoms with Crippen LogP contribution in [0.15, 0.2) is 97.3 Å². The molecular weight excluding hydrogens is 488 g/mol. The third-order valence-corrected chi connectivity index (χ3v) is 7.24. The molecule has 2 aromatic heterocycles. The molecule has 1 unspecified atom stereocenters. The summed E-state index contributed by atoms with van der Waals surface area (Å²) in [6.07, 6.45) is 5.90. The zero-order chi connectivity index (χ0) is 26.6. The molecule has 5 rings (SSSR count). The van der Waals surface area contributed by atoms with Gasteiger partial charge in [0, 0.05) is 40.4 Å². The second-order valence-electron chi connectivity index (χ2n) is 9.82. The summed E-state index contributed by atoms with van der Waals surface area (Å²) < 4.78 is 22.3. The fourth-order valence-electron chi connectivity index (χ4n) is 4.61. The Kier molecular flexibility index (Phi) is 7.59. The van der Waals surface area contributed by atoms with Crippen LogP contribution >= 0.6 is 0 Å². The van der Waals surface area contributed by atoms with Crippen LogP contribution in [0, 0.1) is 6.92 Å². The SMILES string of the molecule is Cc1ccc(/C(=C\c2cccc(-c3cc(C(C)C)cc4cccnc34)c2)c2ccc(CS(=O)[O-])cc2)cn1. The molecule has 0 saturated carbocycles. The lowest BCUT2D eigenvalue weighted by molar-refractivity contribution is 0.536. The lowest BCUT2D eigenvalue weighted by Gasteiger charge is -2.14. The van der Waals surface area contributed by atoms with Gasteiger partial charge in [-0.2, -0.15) is 0 Å². The summed E-state index contributed by atoms with van der Waals surface area (Å²) in [5.41, 5.74) is 10.3. The van der Waals surface area contributed by atoms with Gasteiger partial charge < -0.3 is 4.55 Å². The minimum Gasteiger partial charge on any atom is -0.772 e. The van der Waals surface area contributed by atoms with Crippen LogP contribution in [0.5, 0.6) is 0 Å². The molecule has 0 N–H and O–H groups in total. The van der Waals surface area contributed by atoms with E-state index in [0.717, 1.165) is 55.6 Å². The highest BCUT2D eigenvalue weighted by Gasteiger charge is 2.11. The minimum atomic E-state index is -2.12. The average molecular weight is 518 g/mol. The van der Waals surface area contributed by atoms with Gasteiger partial charge in [0.25, 0.3) is 0 Å². The van der Waals surface area contributed by atoms with Gasteiger partial charge in [-0.15, -0.1) is 0 Å². The summed E-state index contributed by atoms with van der Waals surface area (Å²) in [5.74, 6) is 0.411. The molecule has 3 aromatic carbocycles. The largest absolute Gasteiger partial charge is 0.772 e. The van der Waals surface area contributed by atoms with Crippen LogP contribution in [-0.4, -0.2) is 18.7 Å². The molecular formula is C33H29N2O2S-. The van der Waals surface area contributed by atoms with Gasteiger partial charge in [0.15, 0.2) is 0 Å². The van der Waals surface area contributed by atoms with Gasteiger partial charge in [-0.1, -0.05) is 79.5 Å². The lowest BCUT2D eigenvalue weighted by atomic mass is 9.92. The number of aromatic nitrogens is 2. The average Bonchev–Trinajstić information content (AvgIpc) is 2.92. The molecule has 2 heterocycles. The van der Waals surface area contributed by atoms with Crippen molar-refractivity contribution in [3.63, 3.8) is 0 Å². The Bertz CT molecular complexity index is 1640. The molecule has 0 bridgehead atoms. The molecule has 4 nitrogen and oxygen atoms in total. The van der Waals surface area contributed by atoms with Gasteiger partial charge in [-0.05, 0) is 82.6 Å². The number of rotatable bonds is 7. The summed E-state index contributed by atoms with van der Waals surface area (Å²) in [6.45, 7) is 6.39. The van der Waals surface area contributed by atoms with E-state index in [2.05, 4.69) is 73.4 Å². The summed E-state index contributed by atoms with van der Waals surface area (Å²) >= 11 is -2.12. The predicted molar refractivity (Wildman–Crippen MR) is 156 cm³/mol. The van der Waals surface area contributed by atoms with E-state index < -0.39 is 11.1 Å². The van der Waals surface area contributed by atoms with Gasteiger partial charge in [0.2, 0.25) is 0 Å². The van der Waals surface area contributed by atoms with Crippen molar-refractivity contribution >= 4 is 33.6 Å².